The molecule has 0 aromatic heterocycles. The molecule has 0 aliphatic rings. The predicted octanol–water partition coefficient (Wildman–Crippen LogP) is 3.03. The van der Waals surface area contributed by atoms with Gasteiger partial charge in [0.25, 0.3) is 11.6 Å². The van der Waals surface area contributed by atoms with Gasteiger partial charge < -0.3 is 10.1 Å². The number of hydrogen-bond acceptors (Lipinski definition) is 5. The van der Waals surface area contributed by atoms with E-state index in [1.54, 1.807) is 31.2 Å². The average Bonchev–Trinajstić information content (AvgIpc) is 2.59. The molecule has 0 unspecified atom stereocenters. The molecule has 0 radical (unpaired) electrons. The monoisotopic (exact) mass is 362 g/mol. The van der Waals surface area contributed by atoms with Crippen LogP contribution in [0.25, 0.3) is 0 Å². The average molecular weight is 363 g/mol. The number of aryl methyl sites for hydroxylation is 1. The lowest BCUT2D eigenvalue weighted by Gasteiger charge is -2.08. The first-order valence-corrected chi connectivity index (χ1v) is 7.68. The number of nitrogens with zero attached hydrogens (tertiary/aromatic N) is 1. The van der Waals surface area contributed by atoms with E-state index in [4.69, 9.17) is 16.3 Å². The Morgan fingerprint density at radius 1 is 1.24 bits per heavy atom. The Morgan fingerprint density at radius 3 is 2.64 bits per heavy atom. The van der Waals surface area contributed by atoms with Crippen LogP contribution in [0.1, 0.15) is 21.5 Å². The largest absolute Gasteiger partial charge is 0.452 e. The number of rotatable bonds is 6. The summed E-state index contributed by atoms with van der Waals surface area (Å²) in [6.07, 6.45) is 0. The zero-order chi connectivity index (χ0) is 18.4. The predicted molar refractivity (Wildman–Crippen MR) is 91.4 cm³/mol. The minimum absolute atomic E-state index is 0.0104. The second kappa shape index (κ2) is 8.25. The van der Waals surface area contributed by atoms with Gasteiger partial charge in [-0.05, 0) is 24.6 Å². The maximum atomic E-state index is 11.9. The zero-order valence-electron chi connectivity index (χ0n) is 13.3. The summed E-state index contributed by atoms with van der Waals surface area (Å²) in [5.74, 6) is -1.31. The van der Waals surface area contributed by atoms with Crippen molar-refractivity contribution in [2.45, 2.75) is 13.5 Å². The number of halogens is 1. The highest BCUT2D eigenvalue weighted by molar-refractivity contribution is 6.31. The van der Waals surface area contributed by atoms with Crippen LogP contribution in [0.3, 0.4) is 0 Å². The molecule has 0 atom stereocenters. The van der Waals surface area contributed by atoms with Gasteiger partial charge in [-0.1, -0.05) is 35.9 Å². The highest BCUT2D eigenvalue weighted by Crippen LogP contribution is 2.19. The maximum Gasteiger partial charge on any atom is 0.338 e. The van der Waals surface area contributed by atoms with Crippen molar-refractivity contribution in [1.29, 1.82) is 0 Å². The normalized spacial score (nSPS) is 10.2. The lowest BCUT2D eigenvalue weighted by Crippen LogP contribution is -2.28. The Kier molecular flexibility index (Phi) is 6.08. The SMILES string of the molecule is Cc1ccc(C(=O)OCC(=O)NCc2ccccc2Cl)cc1[N+](=O)[O-]. The van der Waals surface area contributed by atoms with Gasteiger partial charge in [-0.3, -0.25) is 14.9 Å². The quantitative estimate of drug-likeness (QED) is 0.483. The number of hydrogen-bond donors (Lipinski definition) is 1. The summed E-state index contributed by atoms with van der Waals surface area (Å²) in [7, 11) is 0. The van der Waals surface area contributed by atoms with E-state index in [2.05, 4.69) is 5.32 Å². The fourth-order valence-electron chi connectivity index (χ4n) is 2.03. The number of amides is 1. The Bertz CT molecular complexity index is 822. The second-order valence-corrected chi connectivity index (χ2v) is 5.61. The van der Waals surface area contributed by atoms with Gasteiger partial charge in [0.2, 0.25) is 0 Å². The van der Waals surface area contributed by atoms with Crippen LogP contribution in [0.5, 0.6) is 0 Å². The summed E-state index contributed by atoms with van der Waals surface area (Å²) in [4.78, 5) is 34.0. The van der Waals surface area contributed by atoms with E-state index < -0.39 is 23.4 Å². The van der Waals surface area contributed by atoms with Gasteiger partial charge in [0.1, 0.15) is 0 Å². The summed E-state index contributed by atoms with van der Waals surface area (Å²) in [6.45, 7) is 1.27. The number of nitro benzene ring substituents is 1. The van der Waals surface area contributed by atoms with Crippen molar-refractivity contribution in [2.75, 3.05) is 6.61 Å². The van der Waals surface area contributed by atoms with E-state index in [1.165, 1.54) is 12.1 Å². The highest BCUT2D eigenvalue weighted by atomic mass is 35.5. The van der Waals surface area contributed by atoms with Crippen molar-refractivity contribution in [2.24, 2.45) is 0 Å². The van der Waals surface area contributed by atoms with Crippen molar-refractivity contribution < 1.29 is 19.2 Å². The lowest BCUT2D eigenvalue weighted by atomic mass is 10.1. The fraction of sp³-hybridized carbons (Fsp3) is 0.176. The molecular formula is C17H15ClN2O5. The van der Waals surface area contributed by atoms with E-state index in [0.717, 1.165) is 11.6 Å². The molecule has 1 N–H and O–H groups in total. The smallest absolute Gasteiger partial charge is 0.338 e. The van der Waals surface area contributed by atoms with Gasteiger partial charge in [-0.15, -0.1) is 0 Å². The molecule has 8 heteroatoms. The molecule has 2 aromatic carbocycles. The number of ether oxygens (including phenoxy) is 1. The maximum absolute atomic E-state index is 11.9. The van der Waals surface area contributed by atoms with Crippen LogP contribution in [0.4, 0.5) is 5.69 Å². The van der Waals surface area contributed by atoms with Crippen molar-refractivity contribution in [1.82, 2.24) is 5.32 Å². The van der Waals surface area contributed by atoms with Crippen LogP contribution in [0.15, 0.2) is 42.5 Å². The van der Waals surface area contributed by atoms with E-state index in [9.17, 15) is 19.7 Å². The number of esters is 1. The van der Waals surface area contributed by atoms with Crippen LogP contribution in [-0.2, 0) is 16.1 Å². The number of benzene rings is 2. The van der Waals surface area contributed by atoms with Crippen LogP contribution < -0.4 is 5.32 Å². The molecule has 7 nitrogen and oxygen atoms in total. The van der Waals surface area contributed by atoms with Crippen molar-refractivity contribution in [3.63, 3.8) is 0 Å². The number of carbonyl (C=O) groups excluding carboxylic acids is 2. The molecule has 0 bridgehead atoms. The first-order valence-electron chi connectivity index (χ1n) is 7.30. The van der Waals surface area contributed by atoms with Crippen molar-refractivity contribution in [3.8, 4) is 0 Å². The van der Waals surface area contributed by atoms with Gasteiger partial charge >= 0.3 is 5.97 Å². The minimum atomic E-state index is -0.809. The third kappa shape index (κ3) is 5.02. The Morgan fingerprint density at radius 2 is 1.96 bits per heavy atom. The summed E-state index contributed by atoms with van der Waals surface area (Å²) < 4.78 is 4.88. The Labute approximate surface area is 148 Å². The fourth-order valence-corrected chi connectivity index (χ4v) is 2.24. The Balaban J connectivity index is 1.89. The van der Waals surface area contributed by atoms with Gasteiger partial charge in [0.15, 0.2) is 6.61 Å². The minimum Gasteiger partial charge on any atom is -0.452 e. The molecule has 0 saturated carbocycles. The molecule has 130 valence electrons. The molecule has 0 spiro atoms. The molecule has 0 saturated heterocycles. The lowest BCUT2D eigenvalue weighted by molar-refractivity contribution is -0.385. The number of nitrogens with one attached hydrogen (secondary N) is 1. The zero-order valence-corrected chi connectivity index (χ0v) is 14.1. The second-order valence-electron chi connectivity index (χ2n) is 5.20. The number of nitro groups is 1. The molecular weight excluding hydrogens is 348 g/mol. The van der Waals surface area contributed by atoms with Gasteiger partial charge in [-0.2, -0.15) is 0 Å². The summed E-state index contributed by atoms with van der Waals surface area (Å²) in [5.41, 5.74) is 0.992. The van der Waals surface area contributed by atoms with Gasteiger partial charge in [0, 0.05) is 23.2 Å². The third-order valence-electron chi connectivity index (χ3n) is 3.41. The van der Waals surface area contributed by atoms with Crippen LogP contribution in [-0.4, -0.2) is 23.4 Å². The van der Waals surface area contributed by atoms with Crippen molar-refractivity contribution in [3.05, 3.63) is 74.3 Å². The van der Waals surface area contributed by atoms with Gasteiger partial charge in [-0.25, -0.2) is 4.79 Å². The molecule has 0 aliphatic carbocycles. The first kappa shape index (κ1) is 18.4. The third-order valence-corrected chi connectivity index (χ3v) is 3.78. The molecule has 2 rings (SSSR count). The van der Waals surface area contributed by atoms with Crippen molar-refractivity contribution >= 4 is 29.2 Å². The Hall–Kier alpha value is -2.93. The molecule has 25 heavy (non-hydrogen) atoms. The first-order chi connectivity index (χ1) is 11.9. The molecule has 0 fully saturated rings. The topological polar surface area (TPSA) is 98.5 Å². The van der Waals surface area contributed by atoms with E-state index in [-0.39, 0.29) is 17.8 Å². The summed E-state index contributed by atoms with van der Waals surface area (Å²) in [5, 5.41) is 14.0. The molecule has 1 amide bonds. The number of carbonyl (C=O) groups is 2. The molecule has 2 aromatic rings. The molecule has 0 aliphatic heterocycles. The van der Waals surface area contributed by atoms with Crippen LogP contribution >= 0.6 is 11.6 Å². The summed E-state index contributed by atoms with van der Waals surface area (Å²) >= 11 is 5.98. The van der Waals surface area contributed by atoms with Crippen LogP contribution in [0.2, 0.25) is 5.02 Å². The highest BCUT2D eigenvalue weighted by Gasteiger charge is 2.16. The van der Waals surface area contributed by atoms with Crippen LogP contribution in [0, 0.1) is 17.0 Å². The van der Waals surface area contributed by atoms with Gasteiger partial charge in [0.05, 0.1) is 10.5 Å². The standard InChI is InChI=1S/C17H15ClN2O5/c1-11-6-7-12(8-15(11)20(23)24)17(22)25-10-16(21)19-9-13-4-2-3-5-14(13)18/h2-8H,9-10H2,1H3,(H,19,21). The summed E-state index contributed by atoms with van der Waals surface area (Å²) in [6, 6.07) is 11.0. The van der Waals surface area contributed by atoms with E-state index >= 15 is 0 Å². The molecule has 0 heterocycles. The van der Waals surface area contributed by atoms with E-state index in [1.807, 2.05) is 0 Å². The van der Waals surface area contributed by atoms with E-state index in [0.29, 0.717) is 10.6 Å².